The van der Waals surface area contributed by atoms with Crippen molar-refractivity contribution in [3.63, 3.8) is 0 Å². The summed E-state index contributed by atoms with van der Waals surface area (Å²) in [5, 5.41) is 0. The molecule has 0 heterocycles. The lowest BCUT2D eigenvalue weighted by Crippen LogP contribution is -1.95. The van der Waals surface area contributed by atoms with Gasteiger partial charge in [-0.15, -0.1) is 23.4 Å². The maximum atomic E-state index is 5.76. The third-order valence-electron chi connectivity index (χ3n) is 1.57. The van der Waals surface area contributed by atoms with E-state index in [4.69, 9.17) is 23.8 Å². The molecular formula is C9H9ClS2. The average molecular weight is 217 g/mol. The van der Waals surface area contributed by atoms with Crippen LogP contribution in [-0.4, -0.2) is 10.5 Å². The number of thiocarbonyl (C=S) groups is 1. The van der Waals surface area contributed by atoms with Crippen molar-refractivity contribution in [2.24, 2.45) is 0 Å². The number of thioether (sulfide) groups is 1. The van der Waals surface area contributed by atoms with Crippen molar-refractivity contribution in [1.82, 2.24) is 0 Å². The van der Waals surface area contributed by atoms with Crippen molar-refractivity contribution in [1.29, 1.82) is 0 Å². The van der Waals surface area contributed by atoms with E-state index in [0.717, 1.165) is 15.3 Å². The minimum absolute atomic E-state index is 0.525. The number of benzene rings is 1. The fourth-order valence-electron chi connectivity index (χ4n) is 0.946. The first-order chi connectivity index (χ1) is 5.79. The number of halogens is 1. The summed E-state index contributed by atoms with van der Waals surface area (Å²) in [5.41, 5.74) is 2.20. The Bertz CT molecular complexity index is 284. The number of alkyl halides is 1. The SMILES string of the molecule is CSC(=S)c1ccccc1CCl. The van der Waals surface area contributed by atoms with Gasteiger partial charge >= 0.3 is 0 Å². The molecule has 12 heavy (non-hydrogen) atoms. The molecule has 1 aromatic rings. The molecule has 0 amide bonds. The molecule has 0 nitrogen and oxygen atoms in total. The van der Waals surface area contributed by atoms with E-state index in [1.807, 2.05) is 30.5 Å². The Morgan fingerprint density at radius 1 is 1.50 bits per heavy atom. The van der Waals surface area contributed by atoms with E-state index in [2.05, 4.69) is 0 Å². The molecule has 0 radical (unpaired) electrons. The highest BCUT2D eigenvalue weighted by atomic mass is 35.5. The highest BCUT2D eigenvalue weighted by Crippen LogP contribution is 2.17. The molecule has 0 aliphatic carbocycles. The predicted molar refractivity (Wildman–Crippen MR) is 61.2 cm³/mol. The standard InChI is InChI=1S/C9H9ClS2/c1-12-9(11)8-5-3-2-4-7(8)6-10/h2-5H,6H2,1H3. The minimum atomic E-state index is 0.525. The summed E-state index contributed by atoms with van der Waals surface area (Å²) in [6.07, 6.45) is 1.98. The Kier molecular flexibility index (Phi) is 4.06. The van der Waals surface area contributed by atoms with Gasteiger partial charge in [-0.2, -0.15) is 0 Å². The lowest BCUT2D eigenvalue weighted by Gasteiger charge is -2.04. The molecule has 0 saturated heterocycles. The molecule has 0 atom stereocenters. The smallest absolute Gasteiger partial charge is 0.0778 e. The van der Waals surface area contributed by atoms with Gasteiger partial charge in [-0.25, -0.2) is 0 Å². The van der Waals surface area contributed by atoms with Gasteiger partial charge in [-0.1, -0.05) is 36.5 Å². The zero-order valence-electron chi connectivity index (χ0n) is 6.71. The number of rotatable bonds is 2. The van der Waals surface area contributed by atoms with Gasteiger partial charge in [-0.3, -0.25) is 0 Å². The van der Waals surface area contributed by atoms with Crippen molar-refractivity contribution >= 4 is 39.8 Å². The van der Waals surface area contributed by atoms with Crippen LogP contribution in [0.5, 0.6) is 0 Å². The van der Waals surface area contributed by atoms with Gasteiger partial charge in [0.2, 0.25) is 0 Å². The number of hydrogen-bond donors (Lipinski definition) is 0. The van der Waals surface area contributed by atoms with Crippen molar-refractivity contribution in [3.8, 4) is 0 Å². The molecule has 0 N–H and O–H groups in total. The lowest BCUT2D eigenvalue weighted by atomic mass is 10.1. The minimum Gasteiger partial charge on any atom is -0.122 e. The molecule has 3 heteroatoms. The van der Waals surface area contributed by atoms with E-state index < -0.39 is 0 Å². The van der Waals surface area contributed by atoms with Gasteiger partial charge in [-0.05, 0) is 11.8 Å². The second-order valence-corrected chi connectivity index (χ2v) is 4.03. The van der Waals surface area contributed by atoms with Crippen LogP contribution in [0, 0.1) is 0 Å². The van der Waals surface area contributed by atoms with Gasteiger partial charge in [0, 0.05) is 11.4 Å². The topological polar surface area (TPSA) is 0 Å². The first kappa shape index (κ1) is 10.0. The molecular weight excluding hydrogens is 208 g/mol. The summed E-state index contributed by atoms with van der Waals surface area (Å²) in [6, 6.07) is 7.97. The van der Waals surface area contributed by atoms with Gasteiger partial charge in [0.05, 0.1) is 4.20 Å². The summed E-state index contributed by atoms with van der Waals surface area (Å²) in [6.45, 7) is 0. The molecule has 0 bridgehead atoms. The van der Waals surface area contributed by atoms with Crippen molar-refractivity contribution < 1.29 is 0 Å². The molecule has 64 valence electrons. The maximum Gasteiger partial charge on any atom is 0.0778 e. The zero-order valence-corrected chi connectivity index (χ0v) is 9.10. The molecule has 1 rings (SSSR count). The molecule has 0 aliphatic rings. The van der Waals surface area contributed by atoms with Crippen LogP contribution in [-0.2, 0) is 5.88 Å². The van der Waals surface area contributed by atoms with Crippen LogP contribution in [0.2, 0.25) is 0 Å². The monoisotopic (exact) mass is 216 g/mol. The lowest BCUT2D eigenvalue weighted by molar-refractivity contribution is 1.39. The Balaban J connectivity index is 3.04. The Hall–Kier alpha value is -0.0500. The van der Waals surface area contributed by atoms with E-state index in [1.54, 1.807) is 11.8 Å². The largest absolute Gasteiger partial charge is 0.122 e. The van der Waals surface area contributed by atoms with Crippen LogP contribution in [0.15, 0.2) is 24.3 Å². The number of hydrogen-bond acceptors (Lipinski definition) is 2. The van der Waals surface area contributed by atoms with E-state index in [-0.39, 0.29) is 0 Å². The summed E-state index contributed by atoms with van der Waals surface area (Å²) >= 11 is 12.5. The van der Waals surface area contributed by atoms with Crippen LogP contribution in [0.1, 0.15) is 11.1 Å². The van der Waals surface area contributed by atoms with Gasteiger partial charge in [0.25, 0.3) is 0 Å². The molecule has 0 fully saturated rings. The van der Waals surface area contributed by atoms with Crippen molar-refractivity contribution in [2.45, 2.75) is 5.88 Å². The summed E-state index contributed by atoms with van der Waals surface area (Å²) in [5.74, 6) is 0.525. The van der Waals surface area contributed by atoms with Crippen molar-refractivity contribution in [3.05, 3.63) is 35.4 Å². The van der Waals surface area contributed by atoms with Crippen LogP contribution in [0.3, 0.4) is 0 Å². The predicted octanol–water partition coefficient (Wildman–Crippen LogP) is 3.46. The van der Waals surface area contributed by atoms with Crippen LogP contribution in [0.25, 0.3) is 0 Å². The van der Waals surface area contributed by atoms with Crippen molar-refractivity contribution in [2.75, 3.05) is 6.26 Å². The Labute approximate surface area is 87.3 Å². The maximum absolute atomic E-state index is 5.76. The second-order valence-electron chi connectivity index (χ2n) is 2.28. The third-order valence-corrected chi connectivity index (χ3v) is 3.17. The second kappa shape index (κ2) is 4.85. The fraction of sp³-hybridized carbons (Fsp3) is 0.222. The average Bonchev–Trinajstić information content (AvgIpc) is 2.16. The van der Waals surface area contributed by atoms with Crippen LogP contribution in [0.4, 0.5) is 0 Å². The molecule has 0 spiro atoms. The normalized spacial score (nSPS) is 9.83. The van der Waals surface area contributed by atoms with Gasteiger partial charge in [0.1, 0.15) is 0 Å². The Morgan fingerprint density at radius 3 is 2.75 bits per heavy atom. The summed E-state index contributed by atoms with van der Waals surface area (Å²) < 4.78 is 0.909. The highest BCUT2D eigenvalue weighted by molar-refractivity contribution is 8.23. The summed E-state index contributed by atoms with van der Waals surface area (Å²) in [4.78, 5) is 0. The molecule has 0 unspecified atom stereocenters. The Morgan fingerprint density at radius 2 is 2.17 bits per heavy atom. The third kappa shape index (κ3) is 2.22. The van der Waals surface area contributed by atoms with Gasteiger partial charge in [0.15, 0.2) is 0 Å². The quantitative estimate of drug-likeness (QED) is 0.549. The van der Waals surface area contributed by atoms with Crippen LogP contribution < -0.4 is 0 Å². The molecule has 0 aromatic heterocycles. The van der Waals surface area contributed by atoms with E-state index in [1.165, 1.54) is 0 Å². The molecule has 0 aliphatic heterocycles. The molecule has 0 saturated carbocycles. The molecule has 1 aromatic carbocycles. The fourth-order valence-corrected chi connectivity index (χ4v) is 1.80. The van der Waals surface area contributed by atoms with E-state index in [9.17, 15) is 0 Å². The zero-order chi connectivity index (χ0) is 8.97. The van der Waals surface area contributed by atoms with E-state index in [0.29, 0.717) is 5.88 Å². The summed E-state index contributed by atoms with van der Waals surface area (Å²) in [7, 11) is 0. The van der Waals surface area contributed by atoms with Crippen LogP contribution >= 0.6 is 35.6 Å². The van der Waals surface area contributed by atoms with E-state index >= 15 is 0 Å². The first-order valence-corrected chi connectivity index (χ1v) is 5.68. The first-order valence-electron chi connectivity index (χ1n) is 3.51. The highest BCUT2D eigenvalue weighted by Gasteiger charge is 2.03. The van der Waals surface area contributed by atoms with Gasteiger partial charge < -0.3 is 0 Å².